The first kappa shape index (κ1) is 14.2. The summed E-state index contributed by atoms with van der Waals surface area (Å²) in [6.45, 7) is 6.61. The Morgan fingerprint density at radius 3 is 2.12 bits per heavy atom. The third-order valence-electron chi connectivity index (χ3n) is 1.40. The average Bonchev–Trinajstić information content (AvgIpc) is 2.23. The number of esters is 1. The topological polar surface area (TPSA) is 78.9 Å². The molecule has 90 valence electrons. The Morgan fingerprint density at radius 1 is 1.06 bits per heavy atom. The summed E-state index contributed by atoms with van der Waals surface area (Å²) in [6.07, 6.45) is -0.320. The lowest BCUT2D eigenvalue weighted by atomic mass is 10.3. The third kappa shape index (κ3) is 6.58. The number of hydrogen-bond donors (Lipinski definition) is 0. The molecule has 0 heterocycles. The molecule has 0 aromatic carbocycles. The van der Waals surface area contributed by atoms with E-state index in [2.05, 4.69) is 21.1 Å². The molecule has 0 aliphatic rings. The van der Waals surface area contributed by atoms with Crippen molar-refractivity contribution in [1.29, 1.82) is 0 Å². The summed E-state index contributed by atoms with van der Waals surface area (Å²) in [6, 6.07) is 0. The number of ether oxygens (including phenoxy) is 1. The van der Waals surface area contributed by atoms with Crippen molar-refractivity contribution in [1.82, 2.24) is 0 Å². The van der Waals surface area contributed by atoms with Gasteiger partial charge < -0.3 is 4.74 Å². The van der Waals surface area contributed by atoms with E-state index < -0.39 is 17.9 Å². The summed E-state index contributed by atoms with van der Waals surface area (Å²) in [5, 5.41) is 0. The quantitative estimate of drug-likeness (QED) is 0.302. The molecule has 0 unspecified atom stereocenters. The molecule has 0 spiro atoms. The normalized spacial score (nSPS) is 9.12. The smallest absolute Gasteiger partial charge is 0.381 e. The van der Waals surface area contributed by atoms with Gasteiger partial charge in [-0.1, -0.05) is 6.58 Å². The summed E-state index contributed by atoms with van der Waals surface area (Å²) in [7, 11) is 0. The van der Waals surface area contributed by atoms with Gasteiger partial charge in [0.2, 0.25) is 0 Å². The van der Waals surface area contributed by atoms with Crippen LogP contribution in [0.4, 0.5) is 0 Å². The van der Waals surface area contributed by atoms with E-state index in [9.17, 15) is 14.4 Å². The SMILES string of the molecule is C=C(C)C(=O)OOC(=O)CCC(=O)OCC. The second kappa shape index (κ2) is 7.44. The Morgan fingerprint density at radius 2 is 1.62 bits per heavy atom. The molecular formula is C10H14O6. The van der Waals surface area contributed by atoms with Crippen molar-refractivity contribution < 1.29 is 28.9 Å². The monoisotopic (exact) mass is 230 g/mol. The van der Waals surface area contributed by atoms with E-state index in [1.54, 1.807) is 6.92 Å². The maximum absolute atomic E-state index is 10.9. The Bertz CT molecular complexity index is 294. The van der Waals surface area contributed by atoms with Crippen molar-refractivity contribution in [3.05, 3.63) is 12.2 Å². The molecule has 0 N–H and O–H groups in total. The van der Waals surface area contributed by atoms with E-state index in [1.165, 1.54) is 6.92 Å². The van der Waals surface area contributed by atoms with E-state index in [0.717, 1.165) is 0 Å². The Hall–Kier alpha value is -1.85. The van der Waals surface area contributed by atoms with Crippen LogP contribution in [0, 0.1) is 0 Å². The minimum Gasteiger partial charge on any atom is -0.466 e. The largest absolute Gasteiger partial charge is 0.466 e. The molecule has 0 aliphatic carbocycles. The highest BCUT2D eigenvalue weighted by Gasteiger charge is 2.12. The minimum atomic E-state index is -0.829. The van der Waals surface area contributed by atoms with E-state index in [-0.39, 0.29) is 25.0 Å². The molecule has 0 fully saturated rings. The molecule has 0 atom stereocenters. The minimum absolute atomic E-state index is 0.109. The standard InChI is InChI=1S/C10H14O6/c1-4-14-8(11)5-6-9(12)15-16-10(13)7(2)3/h2,4-6H2,1,3H3. The van der Waals surface area contributed by atoms with Gasteiger partial charge in [0.15, 0.2) is 0 Å². The number of rotatable bonds is 5. The fraction of sp³-hybridized carbons (Fsp3) is 0.500. The predicted octanol–water partition coefficient (Wildman–Crippen LogP) is 0.907. The van der Waals surface area contributed by atoms with Crippen LogP contribution in [0.1, 0.15) is 26.7 Å². The van der Waals surface area contributed by atoms with E-state index in [4.69, 9.17) is 0 Å². The Labute approximate surface area is 93.1 Å². The zero-order chi connectivity index (χ0) is 12.6. The highest BCUT2D eigenvalue weighted by molar-refractivity contribution is 5.87. The van der Waals surface area contributed by atoms with Gasteiger partial charge in [-0.2, -0.15) is 0 Å². The molecule has 0 amide bonds. The van der Waals surface area contributed by atoms with Crippen LogP contribution < -0.4 is 0 Å². The van der Waals surface area contributed by atoms with Crippen LogP contribution in [0.3, 0.4) is 0 Å². The first-order chi connectivity index (χ1) is 7.47. The Balaban J connectivity index is 3.71. The van der Waals surface area contributed by atoms with Crippen molar-refractivity contribution >= 4 is 17.9 Å². The number of carbonyl (C=O) groups excluding carboxylic acids is 3. The molecular weight excluding hydrogens is 216 g/mol. The van der Waals surface area contributed by atoms with Crippen molar-refractivity contribution in [3.8, 4) is 0 Å². The molecule has 16 heavy (non-hydrogen) atoms. The lowest BCUT2D eigenvalue weighted by Gasteiger charge is -2.02. The average molecular weight is 230 g/mol. The van der Waals surface area contributed by atoms with Crippen molar-refractivity contribution in [3.63, 3.8) is 0 Å². The zero-order valence-electron chi connectivity index (χ0n) is 9.28. The van der Waals surface area contributed by atoms with Crippen LogP contribution in [0.15, 0.2) is 12.2 Å². The van der Waals surface area contributed by atoms with Crippen LogP contribution in [0.25, 0.3) is 0 Å². The first-order valence-corrected chi connectivity index (χ1v) is 4.70. The van der Waals surface area contributed by atoms with E-state index in [0.29, 0.717) is 0 Å². The van der Waals surface area contributed by atoms with Crippen LogP contribution in [0.2, 0.25) is 0 Å². The molecule has 0 bridgehead atoms. The molecule has 0 saturated carbocycles. The molecule has 6 nitrogen and oxygen atoms in total. The number of hydrogen-bond acceptors (Lipinski definition) is 6. The highest BCUT2D eigenvalue weighted by atomic mass is 17.2. The molecule has 0 aliphatic heterocycles. The first-order valence-electron chi connectivity index (χ1n) is 4.70. The van der Waals surface area contributed by atoms with Crippen molar-refractivity contribution in [2.24, 2.45) is 0 Å². The van der Waals surface area contributed by atoms with Crippen LogP contribution in [-0.4, -0.2) is 24.5 Å². The van der Waals surface area contributed by atoms with Gasteiger partial charge in [0.05, 0.1) is 19.4 Å². The summed E-state index contributed by atoms with van der Waals surface area (Å²) in [5.41, 5.74) is 0.109. The lowest BCUT2D eigenvalue weighted by Crippen LogP contribution is -2.13. The number of carbonyl (C=O) groups is 3. The third-order valence-corrected chi connectivity index (χ3v) is 1.40. The summed E-state index contributed by atoms with van der Waals surface area (Å²) in [5.74, 6) is -2.15. The lowest BCUT2D eigenvalue weighted by molar-refractivity contribution is -0.255. The fourth-order valence-corrected chi connectivity index (χ4v) is 0.634. The summed E-state index contributed by atoms with van der Waals surface area (Å²) >= 11 is 0. The summed E-state index contributed by atoms with van der Waals surface area (Å²) in [4.78, 5) is 40.8. The second-order valence-corrected chi connectivity index (χ2v) is 2.91. The van der Waals surface area contributed by atoms with Gasteiger partial charge in [0.1, 0.15) is 0 Å². The zero-order valence-corrected chi connectivity index (χ0v) is 9.28. The van der Waals surface area contributed by atoms with Crippen molar-refractivity contribution in [2.75, 3.05) is 6.61 Å². The highest BCUT2D eigenvalue weighted by Crippen LogP contribution is 1.99. The predicted molar refractivity (Wildman–Crippen MR) is 52.9 cm³/mol. The molecule has 0 radical (unpaired) electrons. The Kier molecular flexibility index (Phi) is 6.58. The van der Waals surface area contributed by atoms with Crippen LogP contribution in [0.5, 0.6) is 0 Å². The van der Waals surface area contributed by atoms with Crippen molar-refractivity contribution in [2.45, 2.75) is 26.7 Å². The van der Waals surface area contributed by atoms with Gasteiger partial charge in [-0.3, -0.25) is 4.79 Å². The molecule has 0 aromatic rings. The fourth-order valence-electron chi connectivity index (χ4n) is 0.634. The molecule has 0 aromatic heterocycles. The van der Waals surface area contributed by atoms with Gasteiger partial charge in [0.25, 0.3) is 0 Å². The second-order valence-electron chi connectivity index (χ2n) is 2.91. The van der Waals surface area contributed by atoms with Gasteiger partial charge in [-0.05, 0) is 13.8 Å². The van der Waals surface area contributed by atoms with Gasteiger partial charge in [-0.25, -0.2) is 19.4 Å². The maximum atomic E-state index is 10.9. The van der Waals surface area contributed by atoms with Gasteiger partial charge >= 0.3 is 17.9 Å². The van der Waals surface area contributed by atoms with Gasteiger partial charge in [-0.15, -0.1) is 0 Å². The van der Waals surface area contributed by atoms with Crippen LogP contribution >= 0.6 is 0 Å². The summed E-state index contributed by atoms with van der Waals surface area (Å²) < 4.78 is 4.59. The molecule has 6 heteroatoms. The van der Waals surface area contributed by atoms with Crippen LogP contribution in [-0.2, 0) is 28.9 Å². The molecule has 0 rings (SSSR count). The van der Waals surface area contributed by atoms with Gasteiger partial charge in [0, 0.05) is 5.57 Å². The maximum Gasteiger partial charge on any atom is 0.381 e. The van der Waals surface area contributed by atoms with E-state index >= 15 is 0 Å². The molecule has 0 saturated heterocycles. The van der Waals surface area contributed by atoms with E-state index in [1.807, 2.05) is 0 Å².